The molecular weight excluding hydrogens is 336 g/mol. The molecule has 0 bridgehead atoms. The molecule has 2 aromatic carbocycles. The average Bonchev–Trinajstić information content (AvgIpc) is 3.09. The highest BCUT2D eigenvalue weighted by molar-refractivity contribution is 5.99. The second-order valence-electron chi connectivity index (χ2n) is 5.31. The molecule has 8 nitrogen and oxygen atoms in total. The summed E-state index contributed by atoms with van der Waals surface area (Å²) in [6, 6.07) is 14.3. The van der Waals surface area contributed by atoms with E-state index in [2.05, 4.69) is 20.8 Å². The summed E-state index contributed by atoms with van der Waals surface area (Å²) < 4.78 is 15.8. The van der Waals surface area contributed by atoms with Crippen LogP contribution in [-0.4, -0.2) is 30.4 Å². The Bertz CT molecular complexity index is 880. The molecule has 0 aliphatic carbocycles. The highest BCUT2D eigenvalue weighted by Gasteiger charge is 2.13. The number of urea groups is 1. The van der Waals surface area contributed by atoms with E-state index in [1.807, 2.05) is 30.3 Å². The van der Waals surface area contributed by atoms with Crippen LogP contribution in [0.2, 0.25) is 0 Å². The van der Waals surface area contributed by atoms with Crippen LogP contribution in [0.4, 0.5) is 16.5 Å². The van der Waals surface area contributed by atoms with Crippen LogP contribution in [-0.2, 0) is 6.42 Å². The smallest absolute Gasteiger partial charge is 0.327 e. The maximum atomic E-state index is 12.1. The fraction of sp³-hybridized carbons (Fsp3) is 0.167. The average molecular weight is 354 g/mol. The number of hydrogen-bond donors (Lipinski definition) is 2. The Balaban J connectivity index is 1.62. The van der Waals surface area contributed by atoms with Gasteiger partial charge in [0.15, 0.2) is 0 Å². The number of nitrogens with zero attached hydrogens (tertiary/aromatic N) is 2. The van der Waals surface area contributed by atoms with Gasteiger partial charge >= 0.3 is 12.0 Å². The first-order valence-corrected chi connectivity index (χ1v) is 7.84. The fourth-order valence-corrected chi connectivity index (χ4v) is 2.30. The summed E-state index contributed by atoms with van der Waals surface area (Å²) in [4.78, 5) is 12.1. The zero-order chi connectivity index (χ0) is 18.4. The largest absolute Gasteiger partial charge is 0.497 e. The van der Waals surface area contributed by atoms with Gasteiger partial charge in [-0.25, -0.2) is 4.79 Å². The summed E-state index contributed by atoms with van der Waals surface area (Å²) in [5.74, 6) is 1.50. The minimum absolute atomic E-state index is 0.0147. The normalized spacial score (nSPS) is 10.2. The number of amides is 2. The summed E-state index contributed by atoms with van der Waals surface area (Å²) in [7, 11) is 3.06. The summed E-state index contributed by atoms with van der Waals surface area (Å²) in [6.07, 6.45) is 0.490. The third kappa shape index (κ3) is 4.29. The lowest BCUT2D eigenvalue weighted by Gasteiger charge is -2.11. The number of hydrogen-bond acceptors (Lipinski definition) is 6. The van der Waals surface area contributed by atoms with Crippen molar-refractivity contribution in [3.8, 4) is 11.5 Å². The Morgan fingerprint density at radius 1 is 1.04 bits per heavy atom. The standard InChI is InChI=1S/C18H18N4O4/c1-24-13-8-9-14(15(11-13)25-2)19-17(23)20-18-22-21-16(26-18)10-12-6-4-3-5-7-12/h3-9,11H,10H2,1-2H3,(H2,19,20,22,23). The molecule has 0 unspecified atom stereocenters. The minimum atomic E-state index is -0.525. The van der Waals surface area contributed by atoms with Crippen molar-refractivity contribution in [2.24, 2.45) is 0 Å². The molecule has 3 aromatic rings. The molecule has 0 saturated carbocycles. The Morgan fingerprint density at radius 2 is 1.85 bits per heavy atom. The van der Waals surface area contributed by atoms with Gasteiger partial charge in [0.05, 0.1) is 26.3 Å². The van der Waals surface area contributed by atoms with E-state index in [0.717, 1.165) is 5.56 Å². The first-order valence-electron chi connectivity index (χ1n) is 7.84. The Kier molecular flexibility index (Phi) is 5.33. The summed E-state index contributed by atoms with van der Waals surface area (Å²) >= 11 is 0. The number of carbonyl (C=O) groups excluding carboxylic acids is 1. The molecule has 1 aromatic heterocycles. The highest BCUT2D eigenvalue weighted by atomic mass is 16.5. The monoisotopic (exact) mass is 354 g/mol. The molecule has 0 spiro atoms. The molecule has 0 saturated heterocycles. The van der Waals surface area contributed by atoms with Crippen molar-refractivity contribution in [2.45, 2.75) is 6.42 Å². The van der Waals surface area contributed by atoms with Gasteiger partial charge in [-0.05, 0) is 17.7 Å². The molecule has 2 N–H and O–H groups in total. The summed E-state index contributed by atoms with van der Waals surface area (Å²) in [5, 5.41) is 12.9. The van der Waals surface area contributed by atoms with Crippen LogP contribution in [0, 0.1) is 0 Å². The van der Waals surface area contributed by atoms with Crippen LogP contribution in [0.5, 0.6) is 11.5 Å². The number of benzene rings is 2. The molecular formula is C18H18N4O4. The van der Waals surface area contributed by atoms with Crippen molar-refractivity contribution in [1.82, 2.24) is 10.2 Å². The maximum absolute atomic E-state index is 12.1. The molecule has 0 atom stereocenters. The lowest BCUT2D eigenvalue weighted by Crippen LogP contribution is -2.20. The number of ether oxygens (including phenoxy) is 2. The molecule has 0 aliphatic rings. The van der Waals surface area contributed by atoms with Crippen molar-refractivity contribution >= 4 is 17.7 Å². The highest BCUT2D eigenvalue weighted by Crippen LogP contribution is 2.29. The number of rotatable bonds is 6. The van der Waals surface area contributed by atoms with Crippen LogP contribution < -0.4 is 20.1 Å². The first kappa shape index (κ1) is 17.3. The number of methoxy groups -OCH3 is 2. The fourth-order valence-electron chi connectivity index (χ4n) is 2.30. The van der Waals surface area contributed by atoms with Gasteiger partial charge in [-0.2, -0.15) is 0 Å². The van der Waals surface area contributed by atoms with Crippen LogP contribution in [0.1, 0.15) is 11.5 Å². The molecule has 0 fully saturated rings. The molecule has 8 heteroatoms. The third-order valence-corrected chi connectivity index (χ3v) is 3.54. The quantitative estimate of drug-likeness (QED) is 0.704. The van der Waals surface area contributed by atoms with E-state index in [0.29, 0.717) is 29.5 Å². The van der Waals surface area contributed by atoms with Crippen molar-refractivity contribution < 1.29 is 18.7 Å². The molecule has 134 valence electrons. The van der Waals surface area contributed by atoms with Gasteiger partial charge in [-0.3, -0.25) is 5.32 Å². The zero-order valence-corrected chi connectivity index (χ0v) is 14.4. The topological polar surface area (TPSA) is 98.5 Å². The van der Waals surface area contributed by atoms with Gasteiger partial charge in [0.25, 0.3) is 0 Å². The molecule has 2 amide bonds. The van der Waals surface area contributed by atoms with E-state index in [-0.39, 0.29) is 6.01 Å². The molecule has 0 radical (unpaired) electrons. The van der Waals surface area contributed by atoms with Crippen molar-refractivity contribution in [3.05, 3.63) is 60.0 Å². The third-order valence-electron chi connectivity index (χ3n) is 3.54. The van der Waals surface area contributed by atoms with Gasteiger partial charge in [0.2, 0.25) is 5.89 Å². The number of aromatic nitrogens is 2. The van der Waals surface area contributed by atoms with Crippen LogP contribution in [0.3, 0.4) is 0 Å². The minimum Gasteiger partial charge on any atom is -0.497 e. The lowest BCUT2D eigenvalue weighted by molar-refractivity contribution is 0.261. The van der Waals surface area contributed by atoms with Crippen LogP contribution in [0.15, 0.2) is 52.9 Å². The number of carbonyl (C=O) groups is 1. The zero-order valence-electron chi connectivity index (χ0n) is 14.4. The van der Waals surface area contributed by atoms with Gasteiger partial charge in [-0.15, -0.1) is 5.10 Å². The predicted molar refractivity (Wildman–Crippen MR) is 95.7 cm³/mol. The second kappa shape index (κ2) is 8.02. The van der Waals surface area contributed by atoms with Crippen molar-refractivity contribution in [1.29, 1.82) is 0 Å². The maximum Gasteiger partial charge on any atom is 0.327 e. The SMILES string of the molecule is COc1ccc(NC(=O)Nc2nnc(Cc3ccccc3)o2)c(OC)c1. The van der Waals surface area contributed by atoms with E-state index >= 15 is 0 Å². The van der Waals surface area contributed by atoms with Gasteiger partial charge in [0, 0.05) is 6.07 Å². The van der Waals surface area contributed by atoms with Crippen molar-refractivity contribution in [2.75, 3.05) is 24.9 Å². The van der Waals surface area contributed by atoms with E-state index in [1.165, 1.54) is 7.11 Å². The van der Waals surface area contributed by atoms with Crippen molar-refractivity contribution in [3.63, 3.8) is 0 Å². The van der Waals surface area contributed by atoms with Gasteiger partial charge in [0.1, 0.15) is 11.5 Å². The summed E-state index contributed by atoms with van der Waals surface area (Å²) in [6.45, 7) is 0. The molecule has 3 rings (SSSR count). The molecule has 26 heavy (non-hydrogen) atoms. The molecule has 0 aliphatic heterocycles. The van der Waals surface area contributed by atoms with Gasteiger partial charge in [-0.1, -0.05) is 35.4 Å². The number of nitrogens with one attached hydrogen (secondary N) is 2. The first-order chi connectivity index (χ1) is 12.7. The second-order valence-corrected chi connectivity index (χ2v) is 5.31. The Hall–Kier alpha value is -3.55. The van der Waals surface area contributed by atoms with E-state index < -0.39 is 6.03 Å². The molecule has 1 heterocycles. The Morgan fingerprint density at radius 3 is 2.58 bits per heavy atom. The van der Waals surface area contributed by atoms with E-state index in [9.17, 15) is 4.79 Å². The summed E-state index contributed by atoms with van der Waals surface area (Å²) in [5.41, 5.74) is 1.52. The van der Waals surface area contributed by atoms with Gasteiger partial charge < -0.3 is 19.2 Å². The van der Waals surface area contributed by atoms with E-state index in [1.54, 1.807) is 25.3 Å². The predicted octanol–water partition coefficient (Wildman–Crippen LogP) is 3.32. The Labute approximate surface area is 150 Å². The lowest BCUT2D eigenvalue weighted by atomic mass is 10.2. The van der Waals surface area contributed by atoms with Crippen LogP contribution in [0.25, 0.3) is 0 Å². The number of anilines is 2. The van der Waals surface area contributed by atoms with E-state index in [4.69, 9.17) is 13.9 Å². The van der Waals surface area contributed by atoms with Crippen LogP contribution >= 0.6 is 0 Å².